The SMILES string of the molecule is COc1cccc(NS(=O)(=O)c2cc3c(s2)CCN(C(C)=O)C3)c1. The molecule has 2 aromatic rings. The Hall–Kier alpha value is -2.06. The van der Waals surface area contributed by atoms with E-state index < -0.39 is 10.0 Å². The average molecular weight is 366 g/mol. The fourth-order valence-electron chi connectivity index (χ4n) is 2.60. The number of carbonyl (C=O) groups is 1. The quantitative estimate of drug-likeness (QED) is 0.902. The Balaban J connectivity index is 1.84. The molecule has 1 aromatic carbocycles. The molecule has 1 aliphatic heterocycles. The summed E-state index contributed by atoms with van der Waals surface area (Å²) in [6, 6.07) is 8.43. The predicted octanol–water partition coefficient (Wildman–Crippen LogP) is 2.46. The molecule has 1 aliphatic rings. The van der Waals surface area contributed by atoms with E-state index in [2.05, 4.69) is 4.72 Å². The molecule has 0 fully saturated rings. The third-order valence-electron chi connectivity index (χ3n) is 3.88. The summed E-state index contributed by atoms with van der Waals surface area (Å²) in [6.07, 6.45) is 0.689. The van der Waals surface area contributed by atoms with Crippen LogP contribution in [0.15, 0.2) is 34.5 Å². The number of benzene rings is 1. The van der Waals surface area contributed by atoms with Gasteiger partial charge in [-0.05, 0) is 30.2 Å². The van der Waals surface area contributed by atoms with Gasteiger partial charge in [0.1, 0.15) is 9.96 Å². The summed E-state index contributed by atoms with van der Waals surface area (Å²) in [4.78, 5) is 14.3. The summed E-state index contributed by atoms with van der Waals surface area (Å²) in [5.74, 6) is 0.587. The van der Waals surface area contributed by atoms with E-state index in [9.17, 15) is 13.2 Å². The Labute approximate surface area is 145 Å². The van der Waals surface area contributed by atoms with Crippen molar-refractivity contribution in [2.24, 2.45) is 0 Å². The summed E-state index contributed by atoms with van der Waals surface area (Å²) in [6.45, 7) is 2.63. The van der Waals surface area contributed by atoms with E-state index in [0.717, 1.165) is 10.4 Å². The van der Waals surface area contributed by atoms with Gasteiger partial charge in [0, 0.05) is 31.0 Å². The molecule has 0 unspecified atom stereocenters. The summed E-state index contributed by atoms with van der Waals surface area (Å²) >= 11 is 1.27. The molecule has 1 amide bonds. The summed E-state index contributed by atoms with van der Waals surface area (Å²) in [5.41, 5.74) is 1.36. The zero-order chi connectivity index (χ0) is 17.3. The number of thiophene rings is 1. The minimum absolute atomic E-state index is 0.00534. The van der Waals surface area contributed by atoms with Crippen molar-refractivity contribution in [1.29, 1.82) is 0 Å². The van der Waals surface area contributed by atoms with Gasteiger partial charge in [0.15, 0.2) is 0 Å². The highest BCUT2D eigenvalue weighted by atomic mass is 32.2. The van der Waals surface area contributed by atoms with Crippen LogP contribution < -0.4 is 9.46 Å². The molecule has 0 aliphatic carbocycles. The molecule has 1 aromatic heterocycles. The number of hydrogen-bond donors (Lipinski definition) is 1. The topological polar surface area (TPSA) is 75.7 Å². The number of amides is 1. The van der Waals surface area contributed by atoms with E-state index in [0.29, 0.717) is 30.9 Å². The molecule has 24 heavy (non-hydrogen) atoms. The Morgan fingerprint density at radius 2 is 2.12 bits per heavy atom. The van der Waals surface area contributed by atoms with Crippen LogP contribution in [-0.4, -0.2) is 32.9 Å². The van der Waals surface area contributed by atoms with Crippen molar-refractivity contribution in [3.63, 3.8) is 0 Å². The lowest BCUT2D eigenvalue weighted by atomic mass is 10.1. The van der Waals surface area contributed by atoms with Crippen LogP contribution in [0.4, 0.5) is 5.69 Å². The number of nitrogens with one attached hydrogen (secondary N) is 1. The maximum atomic E-state index is 12.6. The molecule has 0 spiro atoms. The van der Waals surface area contributed by atoms with Gasteiger partial charge in [-0.1, -0.05) is 6.07 Å². The fourth-order valence-corrected chi connectivity index (χ4v) is 5.19. The molecular weight excluding hydrogens is 348 g/mol. The van der Waals surface area contributed by atoms with Crippen molar-refractivity contribution in [3.8, 4) is 5.75 Å². The highest BCUT2D eigenvalue weighted by Crippen LogP contribution is 2.32. The lowest BCUT2D eigenvalue weighted by Crippen LogP contribution is -2.33. The van der Waals surface area contributed by atoms with Crippen molar-refractivity contribution in [2.75, 3.05) is 18.4 Å². The molecule has 128 valence electrons. The van der Waals surface area contributed by atoms with Gasteiger partial charge in [0.05, 0.1) is 12.8 Å². The van der Waals surface area contributed by atoms with Crippen molar-refractivity contribution in [2.45, 2.75) is 24.1 Å². The number of methoxy groups -OCH3 is 1. The van der Waals surface area contributed by atoms with Gasteiger partial charge in [-0.15, -0.1) is 11.3 Å². The van der Waals surface area contributed by atoms with Crippen LogP contribution in [-0.2, 0) is 27.8 Å². The van der Waals surface area contributed by atoms with Gasteiger partial charge in [-0.3, -0.25) is 9.52 Å². The predicted molar refractivity (Wildman–Crippen MR) is 92.9 cm³/mol. The van der Waals surface area contributed by atoms with Crippen molar-refractivity contribution < 1.29 is 17.9 Å². The van der Waals surface area contributed by atoms with Crippen LogP contribution in [0.5, 0.6) is 5.75 Å². The monoisotopic (exact) mass is 366 g/mol. The first-order chi connectivity index (χ1) is 11.4. The average Bonchev–Trinajstić information content (AvgIpc) is 2.98. The second-order valence-corrected chi connectivity index (χ2v) is 8.59. The van der Waals surface area contributed by atoms with Crippen LogP contribution in [0, 0.1) is 0 Å². The summed E-state index contributed by atoms with van der Waals surface area (Å²) < 4.78 is 33.2. The first-order valence-corrected chi connectivity index (χ1v) is 9.73. The highest BCUT2D eigenvalue weighted by Gasteiger charge is 2.25. The van der Waals surface area contributed by atoms with Crippen LogP contribution in [0.3, 0.4) is 0 Å². The van der Waals surface area contributed by atoms with Crippen LogP contribution in [0.1, 0.15) is 17.4 Å². The van der Waals surface area contributed by atoms with Crippen LogP contribution >= 0.6 is 11.3 Å². The van der Waals surface area contributed by atoms with Gasteiger partial charge < -0.3 is 9.64 Å². The molecule has 0 atom stereocenters. The maximum absolute atomic E-state index is 12.6. The largest absolute Gasteiger partial charge is 0.497 e. The van der Waals surface area contributed by atoms with Crippen molar-refractivity contribution in [3.05, 3.63) is 40.8 Å². The lowest BCUT2D eigenvalue weighted by Gasteiger charge is -2.25. The molecule has 0 saturated heterocycles. The first-order valence-electron chi connectivity index (χ1n) is 7.43. The first kappa shape index (κ1) is 16.8. The number of sulfonamides is 1. The standard InChI is InChI=1S/C16H18N2O4S2/c1-11(19)18-7-6-15-12(10-18)8-16(23-15)24(20,21)17-13-4-3-5-14(9-13)22-2/h3-5,8-9,17H,6-7,10H2,1-2H3. The zero-order valence-electron chi connectivity index (χ0n) is 13.4. The fraction of sp³-hybridized carbons (Fsp3) is 0.312. The number of ether oxygens (including phenoxy) is 1. The number of fused-ring (bicyclic) bond motifs is 1. The number of rotatable bonds is 4. The Morgan fingerprint density at radius 3 is 2.83 bits per heavy atom. The molecule has 8 heteroatoms. The lowest BCUT2D eigenvalue weighted by molar-refractivity contribution is -0.129. The third kappa shape index (κ3) is 3.39. The van der Waals surface area contributed by atoms with Gasteiger partial charge in [-0.2, -0.15) is 0 Å². The minimum atomic E-state index is -3.66. The number of nitrogens with zero attached hydrogens (tertiary/aromatic N) is 1. The van der Waals surface area contributed by atoms with Gasteiger partial charge >= 0.3 is 0 Å². The second kappa shape index (κ2) is 6.45. The molecule has 0 bridgehead atoms. The third-order valence-corrected chi connectivity index (χ3v) is 6.97. The normalized spacial score (nSPS) is 14.2. The van der Waals surface area contributed by atoms with E-state index >= 15 is 0 Å². The van der Waals surface area contributed by atoms with Crippen molar-refractivity contribution in [1.82, 2.24) is 4.90 Å². The summed E-state index contributed by atoms with van der Waals surface area (Å²) in [7, 11) is -2.13. The molecule has 0 radical (unpaired) electrons. The summed E-state index contributed by atoms with van der Waals surface area (Å²) in [5, 5.41) is 0. The van der Waals surface area contributed by atoms with E-state index in [-0.39, 0.29) is 10.1 Å². The Morgan fingerprint density at radius 1 is 1.33 bits per heavy atom. The van der Waals surface area contributed by atoms with Gasteiger partial charge in [0.25, 0.3) is 10.0 Å². The van der Waals surface area contributed by atoms with E-state index in [1.165, 1.54) is 25.4 Å². The highest BCUT2D eigenvalue weighted by molar-refractivity contribution is 7.94. The van der Waals surface area contributed by atoms with Gasteiger partial charge in [0.2, 0.25) is 5.91 Å². The van der Waals surface area contributed by atoms with E-state index in [1.807, 2.05) is 0 Å². The smallest absolute Gasteiger partial charge is 0.271 e. The second-order valence-electron chi connectivity index (χ2n) is 5.54. The number of carbonyl (C=O) groups excluding carboxylic acids is 1. The number of anilines is 1. The Kier molecular flexibility index (Phi) is 4.51. The molecule has 0 saturated carbocycles. The zero-order valence-corrected chi connectivity index (χ0v) is 15.0. The Bertz CT molecular complexity index is 874. The van der Waals surface area contributed by atoms with E-state index in [1.54, 1.807) is 35.2 Å². The minimum Gasteiger partial charge on any atom is -0.497 e. The molecule has 6 nitrogen and oxygen atoms in total. The maximum Gasteiger partial charge on any atom is 0.271 e. The molecule has 3 rings (SSSR count). The van der Waals surface area contributed by atoms with Crippen LogP contribution in [0.2, 0.25) is 0 Å². The van der Waals surface area contributed by atoms with Crippen molar-refractivity contribution >= 4 is 33.0 Å². The van der Waals surface area contributed by atoms with Crippen LogP contribution in [0.25, 0.3) is 0 Å². The molecule has 1 N–H and O–H groups in total. The molecule has 2 heterocycles. The van der Waals surface area contributed by atoms with Gasteiger partial charge in [-0.25, -0.2) is 8.42 Å². The number of hydrogen-bond acceptors (Lipinski definition) is 5. The molecular formula is C16H18N2O4S2. The van der Waals surface area contributed by atoms with E-state index in [4.69, 9.17) is 4.74 Å².